The lowest BCUT2D eigenvalue weighted by Gasteiger charge is -2.06. The topological polar surface area (TPSA) is 91.0 Å². The summed E-state index contributed by atoms with van der Waals surface area (Å²) in [5.41, 5.74) is 1.29. The van der Waals surface area contributed by atoms with Crippen molar-refractivity contribution in [2.24, 2.45) is 4.99 Å². The van der Waals surface area contributed by atoms with Crippen molar-refractivity contribution in [1.82, 2.24) is 0 Å². The van der Waals surface area contributed by atoms with Crippen LogP contribution in [0, 0.1) is 10.1 Å². The number of carbonyl (C=O) groups is 1. The average Bonchev–Trinajstić information content (AvgIpc) is 2.98. The normalized spacial score (nSPS) is 15.0. The first-order valence-corrected chi connectivity index (χ1v) is 7.57. The molecular weight excluding hydrogens is 324 g/mol. The number of benzene rings is 2. The summed E-state index contributed by atoms with van der Waals surface area (Å²) >= 11 is 0. The van der Waals surface area contributed by atoms with Gasteiger partial charge in [0.05, 0.1) is 11.5 Å². The Morgan fingerprint density at radius 2 is 1.92 bits per heavy atom. The number of esters is 1. The molecule has 0 amide bonds. The number of hydrogen-bond donors (Lipinski definition) is 0. The van der Waals surface area contributed by atoms with Gasteiger partial charge in [-0.05, 0) is 31.2 Å². The minimum absolute atomic E-state index is 0.0462. The Kier molecular flexibility index (Phi) is 4.56. The van der Waals surface area contributed by atoms with Crippen molar-refractivity contribution < 1.29 is 19.2 Å². The lowest BCUT2D eigenvalue weighted by molar-refractivity contribution is -0.384. The third-order valence-electron chi connectivity index (χ3n) is 3.46. The maximum Gasteiger partial charge on any atom is 0.363 e. The Balaban J connectivity index is 1.91. The highest BCUT2D eigenvalue weighted by molar-refractivity contribution is 6.13. The maximum atomic E-state index is 12.1. The SMILES string of the molecule is CCOc1ccccc1C=C1N=C(c2ccc([N+](=O)[O-])cc2)OC1=O. The molecule has 2 aromatic carbocycles. The molecule has 0 unspecified atom stereocenters. The van der Waals surface area contributed by atoms with Gasteiger partial charge >= 0.3 is 5.97 Å². The summed E-state index contributed by atoms with van der Waals surface area (Å²) in [7, 11) is 0. The van der Waals surface area contributed by atoms with E-state index in [1.54, 1.807) is 12.1 Å². The van der Waals surface area contributed by atoms with Crippen molar-refractivity contribution in [2.45, 2.75) is 6.92 Å². The maximum absolute atomic E-state index is 12.1. The second-order valence-electron chi connectivity index (χ2n) is 5.11. The van der Waals surface area contributed by atoms with Crippen LogP contribution in [0.2, 0.25) is 0 Å². The molecule has 0 saturated carbocycles. The minimum atomic E-state index is -0.584. The zero-order chi connectivity index (χ0) is 17.8. The zero-order valence-electron chi connectivity index (χ0n) is 13.3. The number of carbonyl (C=O) groups excluding carboxylic acids is 1. The highest BCUT2D eigenvalue weighted by atomic mass is 16.6. The van der Waals surface area contributed by atoms with E-state index in [2.05, 4.69) is 4.99 Å². The second kappa shape index (κ2) is 6.96. The van der Waals surface area contributed by atoms with E-state index < -0.39 is 10.9 Å². The molecule has 7 nitrogen and oxygen atoms in total. The van der Waals surface area contributed by atoms with E-state index >= 15 is 0 Å². The lowest BCUT2D eigenvalue weighted by Crippen LogP contribution is -2.05. The molecule has 0 fully saturated rings. The highest BCUT2D eigenvalue weighted by Gasteiger charge is 2.25. The largest absolute Gasteiger partial charge is 0.493 e. The van der Waals surface area contributed by atoms with Gasteiger partial charge in [0.1, 0.15) is 5.75 Å². The number of ether oxygens (including phenoxy) is 2. The van der Waals surface area contributed by atoms with Crippen molar-refractivity contribution in [2.75, 3.05) is 6.61 Å². The molecule has 2 aromatic rings. The van der Waals surface area contributed by atoms with E-state index in [1.807, 2.05) is 25.1 Å². The van der Waals surface area contributed by atoms with Crippen LogP contribution in [-0.4, -0.2) is 23.4 Å². The van der Waals surface area contributed by atoms with E-state index in [0.29, 0.717) is 23.5 Å². The number of rotatable bonds is 5. The Labute approximate surface area is 143 Å². The second-order valence-corrected chi connectivity index (χ2v) is 5.11. The third-order valence-corrected chi connectivity index (χ3v) is 3.46. The molecular formula is C18H14N2O5. The van der Waals surface area contributed by atoms with Gasteiger partial charge in [-0.3, -0.25) is 10.1 Å². The Morgan fingerprint density at radius 3 is 2.60 bits per heavy atom. The molecule has 1 aliphatic heterocycles. The molecule has 0 aliphatic carbocycles. The summed E-state index contributed by atoms with van der Waals surface area (Å²) in [6.45, 7) is 2.38. The van der Waals surface area contributed by atoms with Crippen LogP contribution in [-0.2, 0) is 9.53 Å². The molecule has 126 valence electrons. The smallest absolute Gasteiger partial charge is 0.363 e. The Hall–Kier alpha value is -3.48. The Bertz CT molecular complexity index is 885. The average molecular weight is 338 g/mol. The molecule has 1 heterocycles. The molecule has 0 atom stereocenters. The fourth-order valence-electron chi connectivity index (χ4n) is 2.29. The van der Waals surface area contributed by atoms with Crippen LogP contribution >= 0.6 is 0 Å². The van der Waals surface area contributed by atoms with E-state index in [1.165, 1.54) is 24.3 Å². The van der Waals surface area contributed by atoms with Gasteiger partial charge in [0.25, 0.3) is 5.69 Å². The molecule has 7 heteroatoms. The van der Waals surface area contributed by atoms with Gasteiger partial charge in [0.2, 0.25) is 5.90 Å². The van der Waals surface area contributed by atoms with E-state index in [9.17, 15) is 14.9 Å². The highest BCUT2D eigenvalue weighted by Crippen LogP contribution is 2.25. The number of aliphatic imine (C=N–C) groups is 1. The molecule has 25 heavy (non-hydrogen) atoms. The van der Waals surface area contributed by atoms with Crippen LogP contribution in [0.4, 0.5) is 5.69 Å². The van der Waals surface area contributed by atoms with Crippen LogP contribution < -0.4 is 4.74 Å². The fourth-order valence-corrected chi connectivity index (χ4v) is 2.29. The number of para-hydroxylation sites is 1. The van der Waals surface area contributed by atoms with Crippen molar-refractivity contribution in [3.05, 3.63) is 75.5 Å². The van der Waals surface area contributed by atoms with Gasteiger partial charge in [-0.15, -0.1) is 0 Å². The van der Waals surface area contributed by atoms with Crippen molar-refractivity contribution >= 4 is 23.6 Å². The molecule has 0 bridgehead atoms. The number of non-ortho nitro benzene ring substituents is 1. The summed E-state index contributed by atoms with van der Waals surface area (Å²) in [6, 6.07) is 12.9. The summed E-state index contributed by atoms with van der Waals surface area (Å²) in [4.78, 5) is 26.4. The predicted octanol–water partition coefficient (Wildman–Crippen LogP) is 3.34. The van der Waals surface area contributed by atoms with Crippen molar-refractivity contribution in [3.63, 3.8) is 0 Å². The zero-order valence-corrected chi connectivity index (χ0v) is 13.3. The standard InChI is InChI=1S/C18H14N2O5/c1-2-24-16-6-4-3-5-13(16)11-15-18(21)25-17(19-15)12-7-9-14(10-8-12)20(22)23/h3-11H,2H2,1H3. The summed E-state index contributed by atoms with van der Waals surface area (Å²) in [5, 5.41) is 10.7. The number of nitro groups is 1. The van der Waals surface area contributed by atoms with Crippen LogP contribution in [0.5, 0.6) is 5.75 Å². The first kappa shape index (κ1) is 16.4. The number of nitro benzene ring substituents is 1. The number of nitrogens with zero attached hydrogens (tertiary/aromatic N) is 2. The molecule has 0 aromatic heterocycles. The minimum Gasteiger partial charge on any atom is -0.493 e. The van der Waals surface area contributed by atoms with Gasteiger partial charge in [0.15, 0.2) is 5.70 Å². The van der Waals surface area contributed by atoms with Gasteiger partial charge in [-0.1, -0.05) is 18.2 Å². The quantitative estimate of drug-likeness (QED) is 0.361. The van der Waals surface area contributed by atoms with E-state index in [4.69, 9.17) is 9.47 Å². The van der Waals surface area contributed by atoms with E-state index in [0.717, 1.165) is 0 Å². The molecule has 1 aliphatic rings. The van der Waals surface area contributed by atoms with Gasteiger partial charge in [-0.2, -0.15) is 0 Å². The molecule has 0 spiro atoms. The monoisotopic (exact) mass is 338 g/mol. The van der Waals surface area contributed by atoms with Gasteiger partial charge < -0.3 is 9.47 Å². The number of cyclic esters (lactones) is 1. The molecule has 0 N–H and O–H groups in total. The van der Waals surface area contributed by atoms with Gasteiger partial charge in [0, 0.05) is 23.3 Å². The third kappa shape index (κ3) is 3.55. The van der Waals surface area contributed by atoms with Crippen LogP contribution in [0.25, 0.3) is 6.08 Å². The Morgan fingerprint density at radius 1 is 1.20 bits per heavy atom. The summed E-state index contributed by atoms with van der Waals surface area (Å²) in [5.74, 6) is 0.170. The molecule has 0 saturated heterocycles. The van der Waals surface area contributed by atoms with Crippen LogP contribution in [0.3, 0.4) is 0 Å². The van der Waals surface area contributed by atoms with Crippen molar-refractivity contribution in [1.29, 1.82) is 0 Å². The number of hydrogen-bond acceptors (Lipinski definition) is 6. The molecule has 3 rings (SSSR count). The lowest BCUT2D eigenvalue weighted by atomic mass is 10.1. The van der Waals surface area contributed by atoms with Gasteiger partial charge in [-0.25, -0.2) is 9.79 Å². The first-order chi connectivity index (χ1) is 12.1. The van der Waals surface area contributed by atoms with Crippen LogP contribution in [0.1, 0.15) is 18.1 Å². The van der Waals surface area contributed by atoms with Crippen molar-refractivity contribution in [3.8, 4) is 5.75 Å². The first-order valence-electron chi connectivity index (χ1n) is 7.57. The summed E-state index contributed by atoms with van der Waals surface area (Å²) < 4.78 is 10.7. The predicted molar refractivity (Wildman–Crippen MR) is 91.3 cm³/mol. The fraction of sp³-hybridized carbons (Fsp3) is 0.111. The molecule has 0 radical (unpaired) electrons. The summed E-state index contributed by atoms with van der Waals surface area (Å²) in [6.07, 6.45) is 1.59. The van der Waals surface area contributed by atoms with Crippen LogP contribution in [0.15, 0.2) is 59.2 Å². The van der Waals surface area contributed by atoms with E-state index in [-0.39, 0.29) is 17.3 Å².